The van der Waals surface area contributed by atoms with E-state index in [1.54, 1.807) is 13.8 Å². The Kier molecular flexibility index (Phi) is 4.78. The molecule has 0 saturated heterocycles. The van der Waals surface area contributed by atoms with Gasteiger partial charge in [-0.1, -0.05) is 11.6 Å². The van der Waals surface area contributed by atoms with Crippen LogP contribution in [0.25, 0.3) is 0 Å². The van der Waals surface area contributed by atoms with Gasteiger partial charge in [-0.05, 0) is 31.5 Å². The molecule has 6 nitrogen and oxygen atoms in total. The van der Waals surface area contributed by atoms with Crippen LogP contribution in [0.2, 0.25) is 5.02 Å². The van der Waals surface area contributed by atoms with Crippen LogP contribution in [-0.2, 0) is 14.8 Å². The summed E-state index contributed by atoms with van der Waals surface area (Å²) in [6, 6.07) is 2.17. The molecule has 1 unspecified atom stereocenters. The van der Waals surface area contributed by atoms with E-state index in [0.29, 0.717) is 10.6 Å². The van der Waals surface area contributed by atoms with E-state index in [2.05, 4.69) is 4.72 Å². The van der Waals surface area contributed by atoms with Crippen molar-refractivity contribution in [3.8, 4) is 0 Å². The molecule has 0 radical (unpaired) electrons. The highest BCUT2D eigenvalue weighted by Crippen LogP contribution is 2.26. The topological polar surface area (TPSA) is 115 Å². The summed E-state index contributed by atoms with van der Waals surface area (Å²) in [4.78, 5) is 10.8. The van der Waals surface area contributed by atoms with Gasteiger partial charge >= 0.3 is 0 Å². The molecule has 5 N–H and O–H groups in total. The molecule has 0 aliphatic rings. The predicted octanol–water partition coefficient (Wildman–Crippen LogP) is 0.773. The van der Waals surface area contributed by atoms with E-state index in [4.69, 9.17) is 23.1 Å². The number of hydrogen-bond acceptors (Lipinski definition) is 4. The van der Waals surface area contributed by atoms with E-state index in [-0.39, 0.29) is 17.0 Å². The predicted molar refractivity (Wildman–Crippen MR) is 74.2 cm³/mol. The maximum absolute atomic E-state index is 12.1. The first-order valence-corrected chi connectivity index (χ1v) is 7.36. The minimum atomic E-state index is -3.77. The molecule has 1 rings (SSSR count). The number of carbonyl (C=O) groups excluding carboxylic acids is 1. The molecule has 0 aromatic heterocycles. The Morgan fingerprint density at radius 3 is 2.58 bits per heavy atom. The van der Waals surface area contributed by atoms with Crippen LogP contribution in [0.1, 0.15) is 18.9 Å². The molecule has 0 saturated carbocycles. The van der Waals surface area contributed by atoms with E-state index in [9.17, 15) is 13.2 Å². The zero-order valence-corrected chi connectivity index (χ0v) is 12.2. The van der Waals surface area contributed by atoms with Crippen molar-refractivity contribution in [2.75, 3.05) is 5.73 Å². The fourth-order valence-electron chi connectivity index (χ4n) is 1.63. The summed E-state index contributed by atoms with van der Waals surface area (Å²) in [5.74, 6) is -0.581. The number of anilines is 1. The monoisotopic (exact) mass is 305 g/mol. The SMILES string of the molecule is Cc1cc(Cl)c(N)cc1S(=O)(=O)NC(C)CC(N)=O. The maximum atomic E-state index is 12.1. The Balaban J connectivity index is 3.07. The normalized spacial score (nSPS) is 13.2. The molecule has 106 valence electrons. The Bertz CT molecular complexity index is 601. The van der Waals surface area contributed by atoms with Gasteiger partial charge in [-0.25, -0.2) is 13.1 Å². The third-order valence-corrected chi connectivity index (χ3v) is 4.51. The van der Waals surface area contributed by atoms with Gasteiger partial charge in [0, 0.05) is 12.5 Å². The van der Waals surface area contributed by atoms with Gasteiger partial charge in [0.1, 0.15) is 0 Å². The van der Waals surface area contributed by atoms with Crippen molar-refractivity contribution in [1.29, 1.82) is 0 Å². The molecule has 0 heterocycles. The quantitative estimate of drug-likeness (QED) is 0.697. The van der Waals surface area contributed by atoms with Crippen molar-refractivity contribution in [2.45, 2.75) is 31.2 Å². The number of carbonyl (C=O) groups is 1. The Hall–Kier alpha value is -1.31. The summed E-state index contributed by atoms with van der Waals surface area (Å²) in [6.07, 6.45) is -0.0820. The molecule has 1 aromatic carbocycles. The van der Waals surface area contributed by atoms with Gasteiger partial charge in [0.2, 0.25) is 15.9 Å². The highest BCUT2D eigenvalue weighted by Gasteiger charge is 2.21. The van der Waals surface area contributed by atoms with Crippen molar-refractivity contribution >= 4 is 33.2 Å². The maximum Gasteiger partial charge on any atom is 0.241 e. The zero-order chi connectivity index (χ0) is 14.8. The molecule has 1 aromatic rings. The van der Waals surface area contributed by atoms with E-state index >= 15 is 0 Å². The van der Waals surface area contributed by atoms with Crippen molar-refractivity contribution < 1.29 is 13.2 Å². The van der Waals surface area contributed by atoms with Gasteiger partial charge in [0.15, 0.2) is 0 Å². The number of halogens is 1. The van der Waals surface area contributed by atoms with Crippen molar-refractivity contribution in [3.05, 3.63) is 22.7 Å². The lowest BCUT2D eigenvalue weighted by atomic mass is 10.2. The lowest BCUT2D eigenvalue weighted by Crippen LogP contribution is -2.36. The smallest absolute Gasteiger partial charge is 0.241 e. The van der Waals surface area contributed by atoms with Gasteiger partial charge < -0.3 is 11.5 Å². The average molecular weight is 306 g/mol. The molecular formula is C11H16ClN3O3S. The van der Waals surface area contributed by atoms with Crippen molar-refractivity contribution in [3.63, 3.8) is 0 Å². The number of rotatable bonds is 5. The summed E-state index contributed by atoms with van der Waals surface area (Å²) in [6.45, 7) is 3.16. The first kappa shape index (κ1) is 15.7. The van der Waals surface area contributed by atoms with Crippen LogP contribution in [0.15, 0.2) is 17.0 Å². The second-order valence-corrected chi connectivity index (χ2v) is 6.42. The number of amides is 1. The molecule has 0 fully saturated rings. The van der Waals surface area contributed by atoms with Gasteiger partial charge in [-0.3, -0.25) is 4.79 Å². The van der Waals surface area contributed by atoms with Crippen molar-refractivity contribution in [1.82, 2.24) is 4.72 Å². The highest BCUT2D eigenvalue weighted by atomic mass is 35.5. The lowest BCUT2D eigenvalue weighted by molar-refractivity contribution is -0.118. The Morgan fingerprint density at radius 2 is 2.05 bits per heavy atom. The Morgan fingerprint density at radius 1 is 1.47 bits per heavy atom. The van der Waals surface area contributed by atoms with Crippen molar-refractivity contribution in [2.24, 2.45) is 5.73 Å². The summed E-state index contributed by atoms with van der Waals surface area (Å²) in [5, 5.41) is 0.293. The largest absolute Gasteiger partial charge is 0.397 e. The summed E-state index contributed by atoms with van der Waals surface area (Å²) in [7, 11) is -3.77. The molecule has 0 bridgehead atoms. The third-order valence-electron chi connectivity index (χ3n) is 2.45. The first-order chi connectivity index (χ1) is 8.63. The van der Waals surface area contributed by atoms with Crippen LogP contribution in [-0.4, -0.2) is 20.4 Å². The second kappa shape index (κ2) is 5.77. The van der Waals surface area contributed by atoms with E-state index in [0.717, 1.165) is 0 Å². The summed E-state index contributed by atoms with van der Waals surface area (Å²) >= 11 is 5.81. The van der Waals surface area contributed by atoms with Gasteiger partial charge in [0.25, 0.3) is 0 Å². The van der Waals surface area contributed by atoms with Gasteiger partial charge in [-0.15, -0.1) is 0 Å². The van der Waals surface area contributed by atoms with Crippen LogP contribution in [0.3, 0.4) is 0 Å². The zero-order valence-electron chi connectivity index (χ0n) is 10.6. The Labute approximate surface area is 117 Å². The molecule has 19 heavy (non-hydrogen) atoms. The summed E-state index contributed by atoms with van der Waals surface area (Å²) in [5.41, 5.74) is 11.3. The highest BCUT2D eigenvalue weighted by molar-refractivity contribution is 7.89. The molecule has 8 heteroatoms. The third kappa shape index (κ3) is 4.09. The molecule has 0 aliphatic carbocycles. The number of nitrogens with one attached hydrogen (secondary N) is 1. The van der Waals surface area contributed by atoms with E-state index < -0.39 is 22.0 Å². The number of primary amides is 1. The average Bonchev–Trinajstić information content (AvgIpc) is 2.20. The molecular weight excluding hydrogens is 290 g/mol. The number of benzene rings is 1. The fraction of sp³-hybridized carbons (Fsp3) is 0.364. The van der Waals surface area contributed by atoms with Gasteiger partial charge in [-0.2, -0.15) is 0 Å². The molecule has 0 spiro atoms. The standard InChI is InChI=1S/C11H16ClN3O3S/c1-6-3-8(12)9(13)5-10(6)19(17,18)15-7(2)4-11(14)16/h3,5,7,15H,4,13H2,1-2H3,(H2,14,16). The minimum absolute atomic E-state index is 0.0331. The minimum Gasteiger partial charge on any atom is -0.397 e. The summed E-state index contributed by atoms with van der Waals surface area (Å²) < 4.78 is 26.7. The number of hydrogen-bond donors (Lipinski definition) is 3. The lowest BCUT2D eigenvalue weighted by Gasteiger charge is -2.15. The van der Waals surface area contributed by atoms with Crippen LogP contribution in [0.4, 0.5) is 5.69 Å². The van der Waals surface area contributed by atoms with Gasteiger partial charge in [0.05, 0.1) is 15.6 Å². The van der Waals surface area contributed by atoms with E-state index in [1.807, 2.05) is 0 Å². The fourth-order valence-corrected chi connectivity index (χ4v) is 3.35. The molecule has 1 amide bonds. The molecule has 0 aliphatic heterocycles. The second-order valence-electron chi connectivity index (χ2n) is 4.33. The van der Waals surface area contributed by atoms with Crippen LogP contribution >= 0.6 is 11.6 Å². The van der Waals surface area contributed by atoms with E-state index in [1.165, 1.54) is 12.1 Å². The number of nitrogens with two attached hydrogens (primary N) is 2. The van der Waals surface area contributed by atoms with Crippen LogP contribution in [0, 0.1) is 6.92 Å². The molecule has 1 atom stereocenters. The number of sulfonamides is 1. The number of aryl methyl sites for hydroxylation is 1. The first-order valence-electron chi connectivity index (χ1n) is 5.49. The number of nitrogen functional groups attached to an aromatic ring is 1. The van der Waals surface area contributed by atoms with Crippen LogP contribution < -0.4 is 16.2 Å². The van der Waals surface area contributed by atoms with Crippen LogP contribution in [0.5, 0.6) is 0 Å².